The van der Waals surface area contributed by atoms with Crippen LogP contribution in [0.2, 0.25) is 0 Å². The molecule has 0 aromatic heterocycles. The second kappa shape index (κ2) is 53.2. The van der Waals surface area contributed by atoms with Crippen LogP contribution in [0, 0.1) is 0 Å². The largest absolute Gasteiger partial charge is 0.394 e. The van der Waals surface area contributed by atoms with Crippen LogP contribution in [-0.2, 0) is 14.3 Å². The first-order valence-electron chi connectivity index (χ1n) is 32.2. The maximum Gasteiger partial charge on any atom is 0.249 e. The van der Waals surface area contributed by atoms with Gasteiger partial charge in [-0.15, -0.1) is 0 Å². The number of carbonyl (C=O) groups excluding carboxylic acids is 1. The second-order valence-electron chi connectivity index (χ2n) is 22.8. The van der Waals surface area contributed by atoms with Crippen molar-refractivity contribution in [2.24, 2.45) is 0 Å². The Balaban J connectivity index is 2.16. The van der Waals surface area contributed by atoms with Gasteiger partial charge < -0.3 is 50.5 Å². The Bertz CT molecular complexity index is 1270. The van der Waals surface area contributed by atoms with Gasteiger partial charge in [0.15, 0.2) is 6.29 Å². The van der Waals surface area contributed by atoms with E-state index >= 15 is 0 Å². The molecule has 11 heteroatoms. The molecular weight excluding hydrogens is 943 g/mol. The number of amides is 1. The highest BCUT2D eigenvalue weighted by Gasteiger charge is 2.44. The van der Waals surface area contributed by atoms with Crippen molar-refractivity contribution in [2.75, 3.05) is 13.2 Å². The van der Waals surface area contributed by atoms with Gasteiger partial charge in [0.25, 0.3) is 0 Å². The molecule has 1 aliphatic rings. The number of allylic oxidation sites excluding steroid dienone is 4. The van der Waals surface area contributed by atoms with E-state index < -0.39 is 74.2 Å². The summed E-state index contributed by atoms with van der Waals surface area (Å²) < 4.78 is 11.2. The van der Waals surface area contributed by atoms with Gasteiger partial charge in [-0.3, -0.25) is 4.79 Å². The molecule has 1 heterocycles. The molecule has 8 N–H and O–H groups in total. The fourth-order valence-electron chi connectivity index (χ4n) is 10.5. The summed E-state index contributed by atoms with van der Waals surface area (Å²) >= 11 is 0. The lowest BCUT2D eigenvalue weighted by molar-refractivity contribution is -0.303. The van der Waals surface area contributed by atoms with Crippen molar-refractivity contribution in [3.05, 3.63) is 24.3 Å². The van der Waals surface area contributed by atoms with Crippen LogP contribution in [0.5, 0.6) is 0 Å². The standard InChI is InChI=1S/C64H123NO10/c1-3-5-7-9-11-13-15-17-19-20-21-22-23-24-25-26-27-28-29-30-31-32-33-34-35-36-37-38-40-42-44-46-48-50-52-57(68)63(73)65-55(54-74-64-62(72)61(71)60(70)58(53-66)75-64)59(69)56(67)51-49-47-45-43-41-39-18-16-14-12-10-8-6-4-2/h23-24,26-27,55-62,64,66-72H,3-22,25,28-54H2,1-2H3,(H,65,73)/b24-23-,27-26-. The summed E-state index contributed by atoms with van der Waals surface area (Å²) in [4.78, 5) is 13.2. The van der Waals surface area contributed by atoms with Gasteiger partial charge in [-0.1, -0.05) is 289 Å². The van der Waals surface area contributed by atoms with Crippen LogP contribution in [0.1, 0.15) is 309 Å². The lowest BCUT2D eigenvalue weighted by atomic mass is 9.98. The minimum atomic E-state index is -1.66. The number of aliphatic hydroxyl groups excluding tert-OH is 7. The molecule has 0 radical (unpaired) electrons. The topological polar surface area (TPSA) is 189 Å². The highest BCUT2D eigenvalue weighted by Crippen LogP contribution is 2.24. The number of rotatable bonds is 56. The van der Waals surface area contributed by atoms with Crippen LogP contribution in [0.3, 0.4) is 0 Å². The monoisotopic (exact) mass is 1070 g/mol. The maximum atomic E-state index is 13.2. The number of nitrogens with one attached hydrogen (secondary N) is 1. The third kappa shape index (κ3) is 41.3. The molecule has 11 nitrogen and oxygen atoms in total. The van der Waals surface area contributed by atoms with E-state index in [0.717, 1.165) is 44.9 Å². The van der Waals surface area contributed by atoms with E-state index in [1.807, 2.05) is 0 Å². The molecule has 75 heavy (non-hydrogen) atoms. The van der Waals surface area contributed by atoms with Gasteiger partial charge in [0.2, 0.25) is 5.91 Å². The Morgan fingerprint density at radius 2 is 0.813 bits per heavy atom. The molecule has 444 valence electrons. The van der Waals surface area contributed by atoms with E-state index in [1.54, 1.807) is 0 Å². The maximum absolute atomic E-state index is 13.2. The quantitative estimate of drug-likeness (QED) is 0.0215. The molecule has 0 aromatic rings. The van der Waals surface area contributed by atoms with Crippen LogP contribution < -0.4 is 5.32 Å². The van der Waals surface area contributed by atoms with Crippen molar-refractivity contribution in [3.63, 3.8) is 0 Å². The average molecular weight is 1070 g/mol. The summed E-state index contributed by atoms with van der Waals surface area (Å²) in [5.74, 6) is -0.693. The number of ether oxygens (including phenoxy) is 2. The van der Waals surface area contributed by atoms with E-state index in [9.17, 15) is 40.5 Å². The minimum absolute atomic E-state index is 0.263. The zero-order chi connectivity index (χ0) is 54.7. The van der Waals surface area contributed by atoms with Crippen LogP contribution >= 0.6 is 0 Å². The number of carbonyl (C=O) groups is 1. The van der Waals surface area contributed by atoms with Gasteiger partial charge in [-0.25, -0.2) is 0 Å². The van der Waals surface area contributed by atoms with Crippen LogP contribution in [-0.4, -0.2) is 110 Å². The zero-order valence-electron chi connectivity index (χ0n) is 48.8. The summed E-state index contributed by atoms with van der Waals surface area (Å²) in [6.45, 7) is 3.48. The summed E-state index contributed by atoms with van der Waals surface area (Å²) in [5, 5.41) is 76.2. The first kappa shape index (κ1) is 71.6. The molecular formula is C64H123NO10. The molecule has 1 aliphatic heterocycles. The highest BCUT2D eigenvalue weighted by atomic mass is 16.7. The van der Waals surface area contributed by atoms with Crippen molar-refractivity contribution in [1.82, 2.24) is 5.32 Å². The smallest absolute Gasteiger partial charge is 0.249 e. The molecule has 1 saturated heterocycles. The van der Waals surface area contributed by atoms with E-state index in [1.165, 1.54) is 225 Å². The molecule has 9 unspecified atom stereocenters. The molecule has 0 spiro atoms. The number of aliphatic hydroxyl groups is 7. The Labute approximate surface area is 461 Å². The first-order valence-corrected chi connectivity index (χ1v) is 32.2. The van der Waals surface area contributed by atoms with E-state index in [0.29, 0.717) is 19.3 Å². The molecule has 0 saturated carbocycles. The fraction of sp³-hybridized carbons (Fsp3) is 0.922. The minimum Gasteiger partial charge on any atom is -0.394 e. The molecule has 1 amide bonds. The number of hydrogen-bond acceptors (Lipinski definition) is 10. The molecule has 1 rings (SSSR count). The third-order valence-corrected chi connectivity index (χ3v) is 15.8. The van der Waals surface area contributed by atoms with Gasteiger partial charge in [-0.2, -0.15) is 0 Å². The Morgan fingerprint density at radius 3 is 1.19 bits per heavy atom. The predicted molar refractivity (Wildman–Crippen MR) is 312 cm³/mol. The Morgan fingerprint density at radius 1 is 0.467 bits per heavy atom. The van der Waals surface area contributed by atoms with E-state index in [4.69, 9.17) is 9.47 Å². The van der Waals surface area contributed by atoms with Crippen molar-refractivity contribution in [1.29, 1.82) is 0 Å². The molecule has 0 aliphatic carbocycles. The predicted octanol–water partition coefficient (Wildman–Crippen LogP) is 14.5. The lowest BCUT2D eigenvalue weighted by Crippen LogP contribution is -2.60. The van der Waals surface area contributed by atoms with Gasteiger partial charge in [-0.05, 0) is 44.9 Å². The van der Waals surface area contributed by atoms with Crippen molar-refractivity contribution in [2.45, 2.75) is 364 Å². The Kier molecular flexibility index (Phi) is 50.8. The molecule has 1 fully saturated rings. The lowest BCUT2D eigenvalue weighted by Gasteiger charge is -2.40. The summed E-state index contributed by atoms with van der Waals surface area (Å²) in [6.07, 6.45) is 54.0. The normalized spacial score (nSPS) is 19.8. The fourth-order valence-corrected chi connectivity index (χ4v) is 10.5. The van der Waals surface area contributed by atoms with Crippen molar-refractivity contribution < 1.29 is 50.0 Å². The summed E-state index contributed by atoms with van der Waals surface area (Å²) in [6, 6.07) is -1.17. The summed E-state index contributed by atoms with van der Waals surface area (Å²) in [5.41, 5.74) is 0. The number of hydrogen-bond donors (Lipinski definition) is 8. The summed E-state index contributed by atoms with van der Waals surface area (Å²) in [7, 11) is 0. The average Bonchev–Trinajstić information content (AvgIpc) is 3.41. The highest BCUT2D eigenvalue weighted by molar-refractivity contribution is 5.80. The first-order chi connectivity index (χ1) is 36.7. The van der Waals surface area contributed by atoms with Crippen LogP contribution in [0.25, 0.3) is 0 Å². The zero-order valence-corrected chi connectivity index (χ0v) is 48.8. The number of unbranched alkanes of at least 4 members (excludes halogenated alkanes) is 40. The Hall–Kier alpha value is -1.41. The van der Waals surface area contributed by atoms with Gasteiger partial charge in [0, 0.05) is 0 Å². The van der Waals surface area contributed by atoms with Crippen LogP contribution in [0.4, 0.5) is 0 Å². The molecule has 0 bridgehead atoms. The SMILES string of the molecule is CCCCCCCCCCCCC/C=C\C/C=C\CCCCCCCCCCCCCCCCCCC(O)C(=O)NC(COC1OC(CO)C(O)C(O)C1O)C(O)C(O)CCCCCCCCCCCCCCCC. The van der Waals surface area contributed by atoms with Crippen molar-refractivity contribution >= 4 is 5.91 Å². The van der Waals surface area contributed by atoms with Crippen molar-refractivity contribution in [3.8, 4) is 0 Å². The van der Waals surface area contributed by atoms with E-state index in [-0.39, 0.29) is 6.42 Å². The van der Waals surface area contributed by atoms with Gasteiger partial charge >= 0.3 is 0 Å². The second-order valence-corrected chi connectivity index (χ2v) is 22.8. The van der Waals surface area contributed by atoms with Gasteiger partial charge in [0.05, 0.1) is 25.4 Å². The van der Waals surface area contributed by atoms with Crippen LogP contribution in [0.15, 0.2) is 24.3 Å². The molecule has 9 atom stereocenters. The third-order valence-electron chi connectivity index (χ3n) is 15.8. The molecule has 0 aromatic carbocycles. The van der Waals surface area contributed by atoms with Gasteiger partial charge in [0.1, 0.15) is 36.6 Å². The van der Waals surface area contributed by atoms with E-state index in [2.05, 4.69) is 43.5 Å².